The van der Waals surface area contributed by atoms with Gasteiger partial charge in [-0.2, -0.15) is 0 Å². The Morgan fingerprint density at radius 2 is 1.79 bits per heavy atom. The van der Waals surface area contributed by atoms with Crippen LogP contribution in [0.25, 0.3) is 16.6 Å². The minimum absolute atomic E-state index is 0.135. The van der Waals surface area contributed by atoms with Gasteiger partial charge in [-0.1, -0.05) is 0 Å². The Morgan fingerprint density at radius 1 is 1.03 bits per heavy atom. The first-order valence-electron chi connectivity index (χ1n) is 13.2. The van der Waals surface area contributed by atoms with Gasteiger partial charge in [-0.3, -0.25) is 0 Å². The number of carbonyl (C=O) groups excluding carboxylic acids is 1. The van der Waals surface area contributed by atoms with Gasteiger partial charge in [0.1, 0.15) is 5.60 Å². The molecule has 4 aromatic rings. The molecule has 4 heterocycles. The van der Waals surface area contributed by atoms with Crippen molar-refractivity contribution in [3.05, 3.63) is 78.5 Å². The fraction of sp³-hybridized carbons (Fsp3) is 0.367. The molecule has 0 N–H and O–H groups in total. The van der Waals surface area contributed by atoms with E-state index in [4.69, 9.17) is 14.8 Å². The molecule has 1 radical (unpaired) electrons. The van der Waals surface area contributed by atoms with Crippen molar-refractivity contribution >= 4 is 43.0 Å². The molecule has 195 valence electrons. The SMILES string of the molecule is CC([As]c1cc(-n2nc(N3CC4CC3CN4C(=O)OC(C)(C)C)c3ccccc32)ccn1)c1ccccc1. The quantitative estimate of drug-likeness (QED) is 0.326. The maximum atomic E-state index is 12.8. The first-order valence-corrected chi connectivity index (χ1v) is 15.3. The van der Waals surface area contributed by atoms with E-state index in [1.54, 1.807) is 0 Å². The molecule has 2 aliphatic heterocycles. The molecule has 3 atom stereocenters. The van der Waals surface area contributed by atoms with Crippen LogP contribution in [0.15, 0.2) is 72.9 Å². The van der Waals surface area contributed by atoms with Crippen LogP contribution < -0.4 is 9.38 Å². The van der Waals surface area contributed by atoms with Crippen molar-refractivity contribution in [3.63, 3.8) is 0 Å². The van der Waals surface area contributed by atoms with Gasteiger partial charge in [0.2, 0.25) is 0 Å². The van der Waals surface area contributed by atoms with Crippen LogP contribution in [0.5, 0.6) is 0 Å². The molecule has 3 unspecified atom stereocenters. The molecule has 0 aliphatic carbocycles. The number of nitrogens with zero attached hydrogens (tertiary/aromatic N) is 5. The van der Waals surface area contributed by atoms with E-state index in [2.05, 4.69) is 77.2 Å². The number of anilines is 1. The Kier molecular flexibility index (Phi) is 6.43. The standard InChI is InChI=1S/C30H33AsN5O2/c1-20(21-10-6-5-7-11-21)31-27-17-22(14-15-32-27)36-26-13-9-8-12-25(26)28(33-36)34-18-24-16-23(34)19-35(24)29(37)38-30(2,3)4/h5-15,17,20,23-24H,16,18-19H2,1-4H3. The van der Waals surface area contributed by atoms with Gasteiger partial charge in [-0.05, 0) is 20.8 Å². The first-order chi connectivity index (χ1) is 18.3. The van der Waals surface area contributed by atoms with Crippen molar-refractivity contribution in [2.75, 3.05) is 18.0 Å². The molecule has 1 amide bonds. The summed E-state index contributed by atoms with van der Waals surface area (Å²) in [6, 6.07) is 23.7. The van der Waals surface area contributed by atoms with E-state index < -0.39 is 5.60 Å². The van der Waals surface area contributed by atoms with Gasteiger partial charge in [0.25, 0.3) is 0 Å². The fourth-order valence-corrected chi connectivity index (χ4v) is 7.76. The van der Waals surface area contributed by atoms with Crippen LogP contribution in [0, 0.1) is 0 Å². The van der Waals surface area contributed by atoms with E-state index in [9.17, 15) is 4.79 Å². The number of para-hydroxylation sites is 1. The average molecular weight is 571 g/mol. The Balaban J connectivity index is 1.27. The summed E-state index contributed by atoms with van der Waals surface area (Å²) < 4.78 is 9.33. The number of pyridine rings is 1. The summed E-state index contributed by atoms with van der Waals surface area (Å²) in [6.07, 6.45) is 2.64. The third-order valence-corrected chi connectivity index (χ3v) is 9.80. The zero-order valence-corrected chi connectivity index (χ0v) is 24.2. The first kappa shape index (κ1) is 25.0. The van der Waals surface area contributed by atoms with Crippen LogP contribution in [0.3, 0.4) is 0 Å². The Labute approximate surface area is 230 Å². The number of rotatable bonds is 5. The van der Waals surface area contributed by atoms with Crippen molar-refractivity contribution in [1.82, 2.24) is 19.7 Å². The summed E-state index contributed by atoms with van der Waals surface area (Å²) in [5, 5.41) is 6.29. The van der Waals surface area contributed by atoms with Gasteiger partial charge in [0.15, 0.2) is 0 Å². The van der Waals surface area contributed by atoms with Gasteiger partial charge in [0.05, 0.1) is 0 Å². The number of aromatic nitrogens is 3. The zero-order chi connectivity index (χ0) is 26.4. The molecule has 2 aliphatic rings. The van der Waals surface area contributed by atoms with E-state index in [1.807, 2.05) is 37.9 Å². The van der Waals surface area contributed by atoms with Gasteiger partial charge >= 0.3 is 205 Å². The monoisotopic (exact) mass is 570 g/mol. The van der Waals surface area contributed by atoms with Crippen LogP contribution in [0.1, 0.15) is 44.4 Å². The number of hydrogen-bond acceptors (Lipinski definition) is 5. The molecule has 2 saturated heterocycles. The number of hydrogen-bond donors (Lipinski definition) is 0. The Bertz CT molecular complexity index is 1460. The Hall–Kier alpha value is -3.31. The molecule has 7 nitrogen and oxygen atoms in total. The molecule has 38 heavy (non-hydrogen) atoms. The number of benzene rings is 2. The summed E-state index contributed by atoms with van der Waals surface area (Å²) in [6.45, 7) is 9.47. The summed E-state index contributed by atoms with van der Waals surface area (Å²) in [5.74, 6) is 0.987. The number of likely N-dealkylation sites (tertiary alicyclic amines) is 1. The second kappa shape index (κ2) is 9.77. The second-order valence-corrected chi connectivity index (χ2v) is 14.3. The molecule has 2 fully saturated rings. The summed E-state index contributed by atoms with van der Waals surface area (Å²) >= 11 is -0.135. The van der Waals surface area contributed by atoms with Crippen LogP contribution in [-0.4, -0.2) is 72.3 Å². The molecule has 6 rings (SSSR count). The van der Waals surface area contributed by atoms with Crippen LogP contribution in [0.2, 0.25) is 0 Å². The van der Waals surface area contributed by atoms with Crippen LogP contribution >= 0.6 is 0 Å². The predicted octanol–water partition coefficient (Wildman–Crippen LogP) is 4.71. The van der Waals surface area contributed by atoms with Gasteiger partial charge < -0.3 is 0 Å². The maximum absolute atomic E-state index is 12.8. The summed E-state index contributed by atoms with van der Waals surface area (Å²) in [5.41, 5.74) is 2.99. The van der Waals surface area contributed by atoms with E-state index in [-0.39, 0.29) is 33.9 Å². The molecule has 2 bridgehead atoms. The van der Waals surface area contributed by atoms with Gasteiger partial charge in [0, 0.05) is 0 Å². The van der Waals surface area contributed by atoms with Crippen molar-refractivity contribution in [2.45, 2.75) is 56.5 Å². The number of ether oxygens (including phenoxy) is 1. The van der Waals surface area contributed by atoms with E-state index in [0.29, 0.717) is 11.3 Å². The van der Waals surface area contributed by atoms with Crippen molar-refractivity contribution < 1.29 is 9.53 Å². The topological polar surface area (TPSA) is 63.5 Å². The number of piperazine rings is 1. The molecular formula is C30H33AsN5O2. The average Bonchev–Trinajstić information content (AvgIpc) is 3.61. The van der Waals surface area contributed by atoms with Crippen LogP contribution in [0.4, 0.5) is 10.6 Å². The van der Waals surface area contributed by atoms with E-state index in [1.165, 1.54) is 5.56 Å². The van der Waals surface area contributed by atoms with Crippen molar-refractivity contribution in [2.24, 2.45) is 0 Å². The van der Waals surface area contributed by atoms with E-state index in [0.717, 1.165) is 39.9 Å². The third-order valence-electron chi connectivity index (χ3n) is 7.29. The third kappa shape index (κ3) is 4.80. The number of carbonyl (C=O) groups is 1. The zero-order valence-electron chi connectivity index (χ0n) is 22.3. The fourth-order valence-electron chi connectivity index (χ4n) is 5.54. The van der Waals surface area contributed by atoms with Gasteiger partial charge in [-0.15, -0.1) is 0 Å². The molecule has 2 aromatic heterocycles. The molecule has 0 saturated carbocycles. The minimum atomic E-state index is -0.488. The van der Waals surface area contributed by atoms with E-state index >= 15 is 0 Å². The molecule has 0 spiro atoms. The molecular weight excluding hydrogens is 537 g/mol. The van der Waals surface area contributed by atoms with Crippen molar-refractivity contribution in [3.8, 4) is 5.69 Å². The Morgan fingerprint density at radius 3 is 2.53 bits per heavy atom. The molecule has 8 heteroatoms. The number of amides is 1. The van der Waals surface area contributed by atoms with Crippen LogP contribution in [-0.2, 0) is 4.74 Å². The second-order valence-electron chi connectivity index (χ2n) is 11.2. The molecule has 2 aromatic carbocycles. The predicted molar refractivity (Wildman–Crippen MR) is 152 cm³/mol. The number of fused-ring (bicyclic) bond motifs is 3. The summed E-state index contributed by atoms with van der Waals surface area (Å²) in [7, 11) is 0. The van der Waals surface area contributed by atoms with Crippen molar-refractivity contribution in [1.29, 1.82) is 0 Å². The van der Waals surface area contributed by atoms with Gasteiger partial charge in [-0.25, -0.2) is 0 Å². The normalized spacial score (nSPS) is 20.1. The summed E-state index contributed by atoms with van der Waals surface area (Å²) in [4.78, 5) is 21.8.